The third-order valence-corrected chi connectivity index (χ3v) is 4.05. The van der Waals surface area contributed by atoms with Gasteiger partial charge in [-0.3, -0.25) is 5.32 Å². The number of aliphatic hydroxyl groups is 1. The van der Waals surface area contributed by atoms with E-state index in [0.717, 1.165) is 5.76 Å². The van der Waals surface area contributed by atoms with Crippen LogP contribution in [0.5, 0.6) is 0 Å². The van der Waals surface area contributed by atoms with Crippen molar-refractivity contribution in [2.24, 2.45) is 0 Å². The molecule has 0 fully saturated rings. The van der Waals surface area contributed by atoms with Crippen LogP contribution in [0.1, 0.15) is 40.1 Å². The number of hydrogen-bond acceptors (Lipinski definition) is 4. The molecule has 0 saturated heterocycles. The highest BCUT2D eigenvalue weighted by Gasteiger charge is 2.18. The molecule has 2 unspecified atom stereocenters. The van der Waals surface area contributed by atoms with E-state index < -0.39 is 0 Å². The molecule has 2 atom stereocenters. The number of hydrogen-bond donors (Lipinski definition) is 2. The summed E-state index contributed by atoms with van der Waals surface area (Å²) in [5.74, 6) is 0.772. The van der Waals surface area contributed by atoms with Gasteiger partial charge < -0.3 is 9.52 Å². The van der Waals surface area contributed by atoms with Gasteiger partial charge in [-0.1, -0.05) is 0 Å². The Hall–Kier alpha value is -1.10. The first kappa shape index (κ1) is 13.3. The molecular formula is C14H19NO2S. The maximum atomic E-state index is 9.45. The molecular weight excluding hydrogens is 246 g/mol. The number of furan rings is 1. The van der Waals surface area contributed by atoms with Crippen molar-refractivity contribution in [3.8, 4) is 0 Å². The van der Waals surface area contributed by atoms with E-state index in [0.29, 0.717) is 0 Å². The fourth-order valence-corrected chi connectivity index (χ4v) is 3.21. The molecule has 2 rings (SSSR count). The Morgan fingerprint density at radius 2 is 2.22 bits per heavy atom. The van der Waals surface area contributed by atoms with E-state index in [4.69, 9.17) is 4.42 Å². The lowest BCUT2D eigenvalue weighted by molar-refractivity contribution is 0.217. The molecule has 0 aliphatic carbocycles. The summed E-state index contributed by atoms with van der Waals surface area (Å²) in [5, 5.41) is 12.9. The van der Waals surface area contributed by atoms with E-state index in [1.807, 2.05) is 12.1 Å². The van der Waals surface area contributed by atoms with Crippen molar-refractivity contribution >= 4 is 11.3 Å². The Morgan fingerprint density at radius 1 is 1.44 bits per heavy atom. The fourth-order valence-electron chi connectivity index (χ4n) is 2.19. The number of thiophene rings is 1. The number of aliphatic hydroxyl groups excluding tert-OH is 1. The Labute approximate surface area is 111 Å². The van der Waals surface area contributed by atoms with Gasteiger partial charge in [0, 0.05) is 15.8 Å². The van der Waals surface area contributed by atoms with Crippen LogP contribution in [0, 0.1) is 13.8 Å². The van der Waals surface area contributed by atoms with E-state index in [-0.39, 0.29) is 18.7 Å². The Morgan fingerprint density at radius 3 is 2.72 bits per heavy atom. The number of aryl methyl sites for hydroxylation is 2. The second-order valence-electron chi connectivity index (χ2n) is 4.51. The average molecular weight is 265 g/mol. The van der Waals surface area contributed by atoms with Gasteiger partial charge in [-0.25, -0.2) is 0 Å². The minimum absolute atomic E-state index is 0.0278. The van der Waals surface area contributed by atoms with Gasteiger partial charge in [0.25, 0.3) is 0 Å². The van der Waals surface area contributed by atoms with Gasteiger partial charge in [0.2, 0.25) is 0 Å². The lowest BCUT2D eigenvalue weighted by Gasteiger charge is -2.20. The summed E-state index contributed by atoms with van der Waals surface area (Å²) in [4.78, 5) is 2.64. The molecule has 0 aromatic carbocycles. The average Bonchev–Trinajstić information content (AvgIpc) is 2.95. The number of nitrogens with one attached hydrogen (secondary N) is 1. The SMILES string of the molecule is Cc1cc(C(C)NC(CO)c2ccco2)c(C)s1. The summed E-state index contributed by atoms with van der Waals surface area (Å²) >= 11 is 1.80. The molecule has 0 aliphatic rings. The Bertz CT molecular complexity index is 490. The van der Waals surface area contributed by atoms with Crippen LogP contribution in [0.3, 0.4) is 0 Å². The first-order valence-electron chi connectivity index (χ1n) is 6.09. The predicted octanol–water partition coefficient (Wildman–Crippen LogP) is 3.34. The van der Waals surface area contributed by atoms with E-state index in [1.54, 1.807) is 17.6 Å². The van der Waals surface area contributed by atoms with Crippen molar-refractivity contribution in [3.63, 3.8) is 0 Å². The van der Waals surface area contributed by atoms with Crippen LogP contribution >= 0.6 is 11.3 Å². The summed E-state index contributed by atoms with van der Waals surface area (Å²) in [6, 6.07) is 5.96. The molecule has 4 heteroatoms. The molecule has 98 valence electrons. The second kappa shape index (κ2) is 5.69. The van der Waals surface area contributed by atoms with E-state index in [2.05, 4.69) is 32.2 Å². The summed E-state index contributed by atoms with van der Waals surface area (Å²) in [5.41, 5.74) is 1.29. The molecule has 2 heterocycles. The zero-order valence-electron chi connectivity index (χ0n) is 10.9. The zero-order valence-corrected chi connectivity index (χ0v) is 11.8. The maximum Gasteiger partial charge on any atom is 0.123 e. The van der Waals surface area contributed by atoms with Gasteiger partial charge >= 0.3 is 0 Å². The lowest BCUT2D eigenvalue weighted by Crippen LogP contribution is -2.27. The third kappa shape index (κ3) is 2.83. The van der Waals surface area contributed by atoms with Crippen LogP contribution in [0.4, 0.5) is 0 Å². The van der Waals surface area contributed by atoms with Crippen molar-refractivity contribution in [3.05, 3.63) is 45.5 Å². The van der Waals surface area contributed by atoms with Crippen LogP contribution in [-0.4, -0.2) is 11.7 Å². The van der Waals surface area contributed by atoms with Crippen LogP contribution in [0.25, 0.3) is 0 Å². The largest absolute Gasteiger partial charge is 0.468 e. The van der Waals surface area contributed by atoms with Crippen LogP contribution in [0.2, 0.25) is 0 Å². The highest BCUT2D eigenvalue weighted by molar-refractivity contribution is 7.12. The monoisotopic (exact) mass is 265 g/mol. The molecule has 2 aromatic heterocycles. The highest BCUT2D eigenvalue weighted by Crippen LogP contribution is 2.28. The molecule has 2 N–H and O–H groups in total. The summed E-state index contributed by atoms with van der Waals surface area (Å²) in [6.45, 7) is 6.38. The molecule has 0 amide bonds. The topological polar surface area (TPSA) is 45.4 Å². The summed E-state index contributed by atoms with van der Waals surface area (Å²) in [7, 11) is 0. The van der Waals surface area contributed by atoms with Gasteiger partial charge in [0.15, 0.2) is 0 Å². The van der Waals surface area contributed by atoms with E-state index in [1.165, 1.54) is 15.3 Å². The minimum atomic E-state index is -0.158. The Balaban J connectivity index is 2.10. The molecule has 18 heavy (non-hydrogen) atoms. The van der Waals surface area contributed by atoms with E-state index in [9.17, 15) is 5.11 Å². The third-order valence-electron chi connectivity index (χ3n) is 3.07. The quantitative estimate of drug-likeness (QED) is 0.871. The zero-order chi connectivity index (χ0) is 13.1. The van der Waals surface area contributed by atoms with Crippen molar-refractivity contribution < 1.29 is 9.52 Å². The predicted molar refractivity (Wildman–Crippen MR) is 73.9 cm³/mol. The maximum absolute atomic E-state index is 9.45. The van der Waals surface area contributed by atoms with Gasteiger partial charge in [-0.2, -0.15) is 0 Å². The molecule has 3 nitrogen and oxygen atoms in total. The fraction of sp³-hybridized carbons (Fsp3) is 0.429. The van der Waals surface area contributed by atoms with Crippen molar-refractivity contribution in [1.82, 2.24) is 5.32 Å². The highest BCUT2D eigenvalue weighted by atomic mass is 32.1. The van der Waals surface area contributed by atoms with Gasteiger partial charge in [0.1, 0.15) is 5.76 Å². The minimum Gasteiger partial charge on any atom is -0.468 e. The molecule has 0 spiro atoms. The molecule has 0 bridgehead atoms. The number of rotatable bonds is 5. The molecule has 0 aliphatic heterocycles. The van der Waals surface area contributed by atoms with Crippen molar-refractivity contribution in [2.75, 3.05) is 6.61 Å². The first-order chi connectivity index (χ1) is 8.61. The molecule has 0 radical (unpaired) electrons. The normalized spacial score (nSPS) is 14.7. The smallest absolute Gasteiger partial charge is 0.123 e. The standard InChI is InChI=1S/C14H19NO2S/c1-9-7-12(11(3)18-9)10(2)15-13(8-16)14-5-4-6-17-14/h4-7,10,13,15-16H,8H2,1-3H3. The lowest BCUT2D eigenvalue weighted by atomic mass is 10.1. The van der Waals surface area contributed by atoms with Crippen LogP contribution < -0.4 is 5.32 Å². The molecule has 2 aromatic rings. The summed E-state index contributed by atoms with van der Waals surface area (Å²) in [6.07, 6.45) is 1.63. The second-order valence-corrected chi connectivity index (χ2v) is 5.97. The van der Waals surface area contributed by atoms with Crippen molar-refractivity contribution in [1.29, 1.82) is 0 Å². The van der Waals surface area contributed by atoms with Gasteiger partial charge in [-0.15, -0.1) is 11.3 Å². The first-order valence-corrected chi connectivity index (χ1v) is 6.90. The summed E-state index contributed by atoms with van der Waals surface area (Å²) < 4.78 is 5.34. The van der Waals surface area contributed by atoms with E-state index >= 15 is 0 Å². The van der Waals surface area contributed by atoms with Crippen LogP contribution in [-0.2, 0) is 0 Å². The van der Waals surface area contributed by atoms with Crippen LogP contribution in [0.15, 0.2) is 28.9 Å². The Kier molecular flexibility index (Phi) is 4.22. The van der Waals surface area contributed by atoms with Crippen molar-refractivity contribution in [2.45, 2.75) is 32.9 Å². The van der Waals surface area contributed by atoms with Gasteiger partial charge in [-0.05, 0) is 44.5 Å². The van der Waals surface area contributed by atoms with Gasteiger partial charge in [0.05, 0.1) is 18.9 Å². The molecule has 0 saturated carbocycles.